The number of hydrogen-bond donors (Lipinski definition) is 1. The highest BCUT2D eigenvalue weighted by molar-refractivity contribution is 7.93. The van der Waals surface area contributed by atoms with Gasteiger partial charge >= 0.3 is 0 Å². The van der Waals surface area contributed by atoms with Gasteiger partial charge in [-0.2, -0.15) is 0 Å². The predicted octanol–water partition coefficient (Wildman–Crippen LogP) is 1.33. The fourth-order valence-corrected chi connectivity index (χ4v) is 3.95. The molecule has 1 N–H and O–H groups in total. The maximum Gasteiger partial charge on any atom is 0.263 e. The van der Waals surface area contributed by atoms with E-state index in [9.17, 15) is 18.0 Å². The van der Waals surface area contributed by atoms with Crippen LogP contribution >= 0.6 is 11.3 Å². The van der Waals surface area contributed by atoms with Crippen molar-refractivity contribution in [2.45, 2.75) is 18.2 Å². The van der Waals surface area contributed by atoms with Crippen molar-refractivity contribution in [3.63, 3.8) is 0 Å². The summed E-state index contributed by atoms with van der Waals surface area (Å²) in [5.41, 5.74) is 0.304. The van der Waals surface area contributed by atoms with Crippen LogP contribution in [0.2, 0.25) is 0 Å². The fourth-order valence-electron chi connectivity index (χ4n) is 2.04. The standard InChI is InChI=1S/C14H12N4O4S2/c1-2-11-15-16-14(23-11)17-24(21,22)10-5-3-9(4-6-10)18-12(19)7-8-13(18)20/h3-8H,2H2,1H3,(H,16,17). The number of sulfonamides is 1. The molecular formula is C14H12N4O4S2. The summed E-state index contributed by atoms with van der Waals surface area (Å²) in [6, 6.07) is 5.43. The zero-order chi connectivity index (χ0) is 17.3. The number of nitrogens with one attached hydrogen (secondary N) is 1. The molecule has 2 heterocycles. The lowest BCUT2D eigenvalue weighted by molar-refractivity contribution is -0.119. The Hall–Kier alpha value is -2.59. The average molecular weight is 364 g/mol. The smallest absolute Gasteiger partial charge is 0.263 e. The Bertz CT molecular complexity index is 914. The minimum atomic E-state index is -3.82. The third-order valence-corrected chi connectivity index (χ3v) is 5.67. The van der Waals surface area contributed by atoms with Gasteiger partial charge in [0.1, 0.15) is 5.01 Å². The second-order valence-corrected chi connectivity index (χ2v) is 7.54. The number of aryl methyl sites for hydroxylation is 1. The van der Waals surface area contributed by atoms with Gasteiger partial charge in [-0.3, -0.25) is 14.3 Å². The molecule has 0 spiro atoms. The zero-order valence-corrected chi connectivity index (χ0v) is 14.1. The molecule has 0 saturated heterocycles. The molecule has 24 heavy (non-hydrogen) atoms. The number of aromatic nitrogens is 2. The third-order valence-electron chi connectivity index (χ3n) is 3.21. The van der Waals surface area contributed by atoms with Gasteiger partial charge < -0.3 is 0 Å². The molecule has 10 heteroatoms. The molecule has 2 amide bonds. The van der Waals surface area contributed by atoms with Crippen LogP contribution in [0.3, 0.4) is 0 Å². The van der Waals surface area contributed by atoms with Gasteiger partial charge in [0.2, 0.25) is 5.13 Å². The number of benzene rings is 1. The summed E-state index contributed by atoms with van der Waals surface area (Å²) in [7, 11) is -3.82. The average Bonchev–Trinajstić information content (AvgIpc) is 3.13. The van der Waals surface area contributed by atoms with Crippen molar-refractivity contribution in [2.24, 2.45) is 0 Å². The first-order valence-corrected chi connectivity index (χ1v) is 9.22. The highest BCUT2D eigenvalue weighted by Gasteiger charge is 2.25. The molecule has 8 nitrogen and oxygen atoms in total. The van der Waals surface area contributed by atoms with Gasteiger partial charge in [0.15, 0.2) is 0 Å². The zero-order valence-electron chi connectivity index (χ0n) is 12.5. The molecule has 2 aromatic rings. The molecule has 3 rings (SSSR count). The molecule has 1 aliphatic heterocycles. The van der Waals surface area contributed by atoms with Crippen LogP contribution in [0, 0.1) is 0 Å². The van der Waals surface area contributed by atoms with E-state index in [1.54, 1.807) is 0 Å². The van der Waals surface area contributed by atoms with Gasteiger partial charge in [-0.05, 0) is 30.7 Å². The van der Waals surface area contributed by atoms with Gasteiger partial charge in [0.05, 0.1) is 10.6 Å². The summed E-state index contributed by atoms with van der Waals surface area (Å²) in [5.74, 6) is -0.927. The van der Waals surface area contributed by atoms with E-state index >= 15 is 0 Å². The van der Waals surface area contributed by atoms with E-state index in [0.717, 1.165) is 33.4 Å². The number of anilines is 2. The molecule has 0 radical (unpaired) electrons. The van der Waals surface area contributed by atoms with Crippen molar-refractivity contribution >= 4 is 44.0 Å². The number of carbonyl (C=O) groups is 2. The van der Waals surface area contributed by atoms with Crippen molar-refractivity contribution < 1.29 is 18.0 Å². The Morgan fingerprint density at radius 1 is 1.08 bits per heavy atom. The van der Waals surface area contributed by atoms with E-state index in [0.29, 0.717) is 12.1 Å². The number of rotatable bonds is 5. The van der Waals surface area contributed by atoms with Gasteiger partial charge in [0, 0.05) is 12.2 Å². The van der Waals surface area contributed by atoms with E-state index in [1.807, 2.05) is 6.92 Å². The monoisotopic (exact) mass is 364 g/mol. The van der Waals surface area contributed by atoms with Crippen LogP contribution in [0.15, 0.2) is 41.3 Å². The first-order chi connectivity index (χ1) is 11.4. The Morgan fingerprint density at radius 2 is 1.71 bits per heavy atom. The van der Waals surface area contributed by atoms with E-state index in [-0.39, 0.29) is 10.0 Å². The lowest BCUT2D eigenvalue weighted by Gasteiger charge is -2.14. The van der Waals surface area contributed by atoms with Crippen LogP contribution in [-0.4, -0.2) is 30.4 Å². The molecule has 0 atom stereocenters. The summed E-state index contributed by atoms with van der Waals surface area (Å²) in [6.45, 7) is 1.90. The number of imide groups is 1. The number of amides is 2. The normalized spacial score (nSPS) is 14.5. The van der Waals surface area contributed by atoms with Crippen LogP contribution in [0.4, 0.5) is 10.8 Å². The minimum Gasteiger partial charge on any atom is -0.269 e. The number of nitrogens with zero attached hydrogens (tertiary/aromatic N) is 3. The van der Waals surface area contributed by atoms with E-state index in [4.69, 9.17) is 0 Å². The predicted molar refractivity (Wildman–Crippen MR) is 88.2 cm³/mol. The van der Waals surface area contributed by atoms with Gasteiger partial charge in [0.25, 0.3) is 21.8 Å². The van der Waals surface area contributed by atoms with Gasteiger partial charge in [-0.15, -0.1) is 10.2 Å². The third kappa shape index (κ3) is 3.05. The largest absolute Gasteiger partial charge is 0.269 e. The summed E-state index contributed by atoms with van der Waals surface area (Å²) in [5, 5.41) is 8.53. The number of hydrogen-bond acceptors (Lipinski definition) is 7. The minimum absolute atomic E-state index is 0.00782. The first-order valence-electron chi connectivity index (χ1n) is 6.92. The van der Waals surface area contributed by atoms with Crippen LogP contribution in [-0.2, 0) is 26.0 Å². The summed E-state index contributed by atoms with van der Waals surface area (Å²) < 4.78 is 27.0. The molecule has 0 bridgehead atoms. The summed E-state index contributed by atoms with van der Waals surface area (Å²) in [4.78, 5) is 24.2. The van der Waals surface area contributed by atoms with Crippen LogP contribution in [0.25, 0.3) is 0 Å². The van der Waals surface area contributed by atoms with E-state index in [2.05, 4.69) is 14.9 Å². The molecular weight excluding hydrogens is 352 g/mol. The summed E-state index contributed by atoms with van der Waals surface area (Å²) >= 11 is 1.16. The molecule has 0 aliphatic carbocycles. The first kappa shape index (κ1) is 16.3. The topological polar surface area (TPSA) is 109 Å². The Labute approximate surface area is 141 Å². The highest BCUT2D eigenvalue weighted by atomic mass is 32.2. The molecule has 0 fully saturated rings. The second-order valence-electron chi connectivity index (χ2n) is 4.80. The van der Waals surface area contributed by atoms with Crippen LogP contribution in [0.1, 0.15) is 11.9 Å². The Kier molecular flexibility index (Phi) is 4.16. The maximum atomic E-state index is 12.3. The van der Waals surface area contributed by atoms with Gasteiger partial charge in [-0.25, -0.2) is 13.3 Å². The Morgan fingerprint density at radius 3 is 2.25 bits per heavy atom. The van der Waals surface area contributed by atoms with Crippen LogP contribution < -0.4 is 9.62 Å². The van der Waals surface area contributed by atoms with Crippen molar-refractivity contribution in [3.05, 3.63) is 41.4 Å². The van der Waals surface area contributed by atoms with Gasteiger partial charge in [-0.1, -0.05) is 18.3 Å². The quantitative estimate of drug-likeness (QED) is 0.802. The molecule has 1 aromatic heterocycles. The number of carbonyl (C=O) groups excluding carboxylic acids is 2. The lowest BCUT2D eigenvalue weighted by atomic mass is 10.3. The molecule has 1 aliphatic rings. The summed E-state index contributed by atoms with van der Waals surface area (Å²) in [6.07, 6.45) is 2.99. The van der Waals surface area contributed by atoms with Crippen molar-refractivity contribution in [2.75, 3.05) is 9.62 Å². The van der Waals surface area contributed by atoms with Crippen molar-refractivity contribution in [1.29, 1.82) is 0 Å². The lowest BCUT2D eigenvalue weighted by Crippen LogP contribution is -2.29. The molecule has 0 unspecified atom stereocenters. The maximum absolute atomic E-state index is 12.3. The van der Waals surface area contributed by atoms with Crippen molar-refractivity contribution in [1.82, 2.24) is 10.2 Å². The molecule has 0 saturated carbocycles. The van der Waals surface area contributed by atoms with Crippen molar-refractivity contribution in [3.8, 4) is 0 Å². The van der Waals surface area contributed by atoms with Crippen LogP contribution in [0.5, 0.6) is 0 Å². The second kappa shape index (κ2) is 6.13. The van der Waals surface area contributed by atoms with E-state index < -0.39 is 21.8 Å². The molecule has 124 valence electrons. The highest BCUT2D eigenvalue weighted by Crippen LogP contribution is 2.24. The fraction of sp³-hybridized carbons (Fsp3) is 0.143. The Balaban J connectivity index is 1.81. The van der Waals surface area contributed by atoms with E-state index in [1.165, 1.54) is 24.3 Å². The molecule has 1 aromatic carbocycles. The SMILES string of the molecule is CCc1nnc(NS(=O)(=O)c2ccc(N3C(=O)C=CC3=O)cc2)s1.